The summed E-state index contributed by atoms with van der Waals surface area (Å²) in [5.41, 5.74) is 1.94. The van der Waals surface area contributed by atoms with Crippen molar-refractivity contribution in [3.63, 3.8) is 0 Å². The number of aromatic amines is 1. The average molecular weight is 395 g/mol. The summed E-state index contributed by atoms with van der Waals surface area (Å²) in [6, 6.07) is 1.42. The van der Waals surface area contributed by atoms with E-state index in [-0.39, 0.29) is 17.9 Å². The van der Waals surface area contributed by atoms with Crippen molar-refractivity contribution in [1.29, 1.82) is 0 Å². The first-order chi connectivity index (χ1) is 14.1. The monoisotopic (exact) mass is 395 g/mol. The third-order valence-corrected chi connectivity index (χ3v) is 6.42. The van der Waals surface area contributed by atoms with Gasteiger partial charge in [0.15, 0.2) is 0 Å². The Balaban J connectivity index is 1.46. The highest BCUT2D eigenvalue weighted by atomic mass is 19.1. The molecule has 0 spiro atoms. The Bertz CT molecular complexity index is 1060. The molecule has 2 bridgehead atoms. The highest BCUT2D eigenvalue weighted by molar-refractivity contribution is 5.92. The fourth-order valence-electron chi connectivity index (χ4n) is 5.06. The summed E-state index contributed by atoms with van der Waals surface area (Å²) in [5, 5.41) is 4.12. The first kappa shape index (κ1) is 18.0. The van der Waals surface area contributed by atoms with E-state index in [1.165, 1.54) is 19.4 Å². The van der Waals surface area contributed by atoms with E-state index >= 15 is 0 Å². The maximum atomic E-state index is 13.7. The molecule has 3 fully saturated rings. The van der Waals surface area contributed by atoms with Crippen LogP contribution in [0.2, 0.25) is 0 Å². The smallest absolute Gasteiger partial charge is 0.311 e. The number of nitrogens with zero attached hydrogens (tertiary/aromatic N) is 3. The second kappa shape index (κ2) is 7.09. The molecule has 3 aromatic rings. The summed E-state index contributed by atoms with van der Waals surface area (Å²) in [4.78, 5) is 28.6. The first-order valence-electron chi connectivity index (χ1n) is 9.93. The lowest BCUT2D eigenvalue weighted by molar-refractivity contribution is -0.152. The summed E-state index contributed by atoms with van der Waals surface area (Å²) in [6.07, 6.45) is 10.6. The summed E-state index contributed by atoms with van der Waals surface area (Å²) in [7, 11) is 1.45. The molecule has 29 heavy (non-hydrogen) atoms. The fraction of sp³-hybridized carbons (Fsp3) is 0.429. The number of methoxy groups -OCH3 is 1. The van der Waals surface area contributed by atoms with Crippen LogP contribution in [0.3, 0.4) is 0 Å². The van der Waals surface area contributed by atoms with Crippen LogP contribution in [0, 0.1) is 23.6 Å². The van der Waals surface area contributed by atoms with Gasteiger partial charge in [-0.2, -0.15) is 0 Å². The van der Waals surface area contributed by atoms with Gasteiger partial charge < -0.3 is 15.0 Å². The maximum absolute atomic E-state index is 13.7. The first-order valence-corrected chi connectivity index (χ1v) is 9.93. The molecule has 0 aromatic carbocycles. The Morgan fingerprint density at radius 1 is 1.21 bits per heavy atom. The van der Waals surface area contributed by atoms with E-state index in [0.717, 1.165) is 31.2 Å². The van der Waals surface area contributed by atoms with Crippen molar-refractivity contribution in [2.75, 3.05) is 12.4 Å². The highest BCUT2D eigenvalue weighted by Crippen LogP contribution is 2.46. The lowest BCUT2D eigenvalue weighted by Crippen LogP contribution is -2.51. The van der Waals surface area contributed by atoms with Crippen LogP contribution in [-0.4, -0.2) is 39.1 Å². The van der Waals surface area contributed by atoms with Crippen LogP contribution < -0.4 is 5.32 Å². The molecule has 0 radical (unpaired) electrons. The number of anilines is 1. The van der Waals surface area contributed by atoms with E-state index in [0.29, 0.717) is 34.4 Å². The van der Waals surface area contributed by atoms with Gasteiger partial charge in [0, 0.05) is 23.2 Å². The van der Waals surface area contributed by atoms with Crippen molar-refractivity contribution in [3.05, 3.63) is 36.7 Å². The van der Waals surface area contributed by atoms with Crippen molar-refractivity contribution in [1.82, 2.24) is 19.9 Å². The number of ether oxygens (including phenoxy) is 1. The molecule has 8 heteroatoms. The Kier molecular flexibility index (Phi) is 4.41. The van der Waals surface area contributed by atoms with E-state index in [2.05, 4.69) is 20.3 Å². The van der Waals surface area contributed by atoms with Crippen molar-refractivity contribution >= 4 is 22.8 Å². The van der Waals surface area contributed by atoms with Crippen molar-refractivity contribution in [2.45, 2.75) is 31.7 Å². The summed E-state index contributed by atoms with van der Waals surface area (Å²) in [5.74, 6) is 0.653. The van der Waals surface area contributed by atoms with Crippen LogP contribution in [-0.2, 0) is 9.53 Å². The van der Waals surface area contributed by atoms with Gasteiger partial charge in [-0.15, -0.1) is 0 Å². The summed E-state index contributed by atoms with van der Waals surface area (Å²) in [6.45, 7) is 0. The molecule has 150 valence electrons. The summed E-state index contributed by atoms with van der Waals surface area (Å²) < 4.78 is 18.8. The molecule has 6 rings (SSSR count). The van der Waals surface area contributed by atoms with Gasteiger partial charge in [-0.05, 0) is 43.6 Å². The van der Waals surface area contributed by atoms with Gasteiger partial charge in [-0.3, -0.25) is 9.78 Å². The van der Waals surface area contributed by atoms with Gasteiger partial charge in [0.05, 0.1) is 37.3 Å². The standard InChI is InChI=1S/C21H22FN5O2/c1-29-21(28)18-11-2-4-12(5-3-11)19(18)27-17-10-23-9-16(26-17)15-8-25-20-14(15)6-13(22)7-24-20/h6-12,18-19H,2-5H2,1H3,(H,24,25)(H,26,27)/t11?,12?,18-,19?/m1/s1. The van der Waals surface area contributed by atoms with E-state index in [1.54, 1.807) is 18.6 Å². The molecule has 3 aliphatic rings. The predicted octanol–water partition coefficient (Wildman–Crippen LogP) is 3.55. The van der Waals surface area contributed by atoms with Crippen LogP contribution in [0.4, 0.5) is 10.2 Å². The average Bonchev–Trinajstić information content (AvgIpc) is 3.17. The second-order valence-electron chi connectivity index (χ2n) is 7.94. The third-order valence-electron chi connectivity index (χ3n) is 6.42. The van der Waals surface area contributed by atoms with Crippen molar-refractivity contribution < 1.29 is 13.9 Å². The molecular formula is C21H22FN5O2. The normalized spacial score (nSPS) is 25.9. The molecule has 7 nitrogen and oxygen atoms in total. The molecule has 0 saturated heterocycles. The largest absolute Gasteiger partial charge is 0.469 e. The zero-order chi connectivity index (χ0) is 20.0. The van der Waals surface area contributed by atoms with Crippen LogP contribution in [0.15, 0.2) is 30.9 Å². The van der Waals surface area contributed by atoms with Gasteiger partial charge in [0.1, 0.15) is 17.3 Å². The Morgan fingerprint density at radius 3 is 2.79 bits per heavy atom. The lowest BCUT2D eigenvalue weighted by atomic mass is 9.61. The number of carbonyl (C=O) groups is 1. The van der Waals surface area contributed by atoms with Gasteiger partial charge in [0.25, 0.3) is 0 Å². The number of nitrogens with one attached hydrogen (secondary N) is 2. The maximum Gasteiger partial charge on any atom is 0.311 e. The molecule has 3 aliphatic carbocycles. The van der Waals surface area contributed by atoms with E-state index < -0.39 is 5.82 Å². The number of hydrogen-bond acceptors (Lipinski definition) is 6. The predicted molar refractivity (Wildman–Crippen MR) is 105 cm³/mol. The number of H-pyrrole nitrogens is 1. The number of hydrogen-bond donors (Lipinski definition) is 2. The minimum absolute atomic E-state index is 0.0124. The number of esters is 1. The number of rotatable bonds is 4. The number of aromatic nitrogens is 4. The number of halogens is 1. The number of fused-ring (bicyclic) bond motifs is 4. The van der Waals surface area contributed by atoms with Crippen LogP contribution in [0.25, 0.3) is 22.3 Å². The lowest BCUT2D eigenvalue weighted by Gasteiger charge is -2.47. The van der Waals surface area contributed by atoms with Gasteiger partial charge in [0.2, 0.25) is 0 Å². The highest BCUT2D eigenvalue weighted by Gasteiger charge is 2.47. The van der Waals surface area contributed by atoms with Gasteiger partial charge in [-0.1, -0.05) is 0 Å². The quantitative estimate of drug-likeness (QED) is 0.657. The molecule has 2 atom stereocenters. The van der Waals surface area contributed by atoms with Crippen LogP contribution in [0.1, 0.15) is 25.7 Å². The molecule has 3 saturated carbocycles. The molecular weight excluding hydrogens is 373 g/mol. The van der Waals surface area contributed by atoms with Crippen molar-refractivity contribution in [2.24, 2.45) is 17.8 Å². The zero-order valence-electron chi connectivity index (χ0n) is 16.1. The van der Waals surface area contributed by atoms with Crippen LogP contribution in [0.5, 0.6) is 0 Å². The minimum Gasteiger partial charge on any atom is -0.469 e. The van der Waals surface area contributed by atoms with Crippen molar-refractivity contribution in [3.8, 4) is 11.3 Å². The SMILES string of the molecule is COC(=O)[C@@H]1C2CCC(CC2)C1Nc1cncc(-c2c[nH]c3ncc(F)cc23)n1. The minimum atomic E-state index is -0.403. The zero-order valence-corrected chi connectivity index (χ0v) is 16.1. The second-order valence-corrected chi connectivity index (χ2v) is 7.94. The molecule has 0 amide bonds. The molecule has 2 N–H and O–H groups in total. The Labute approximate surface area is 167 Å². The fourth-order valence-corrected chi connectivity index (χ4v) is 5.06. The van der Waals surface area contributed by atoms with E-state index in [1.807, 2.05) is 0 Å². The topological polar surface area (TPSA) is 92.8 Å². The number of carbonyl (C=O) groups excluding carboxylic acids is 1. The molecule has 0 aliphatic heterocycles. The van der Waals surface area contributed by atoms with Gasteiger partial charge in [-0.25, -0.2) is 14.4 Å². The Morgan fingerprint density at radius 2 is 2.00 bits per heavy atom. The van der Waals surface area contributed by atoms with E-state index in [9.17, 15) is 9.18 Å². The number of pyridine rings is 1. The van der Waals surface area contributed by atoms with Crippen LogP contribution >= 0.6 is 0 Å². The summed E-state index contributed by atoms with van der Waals surface area (Å²) >= 11 is 0. The Hall–Kier alpha value is -3.03. The molecule has 3 aromatic heterocycles. The third kappa shape index (κ3) is 3.12. The molecule has 1 unspecified atom stereocenters. The van der Waals surface area contributed by atoms with E-state index in [4.69, 9.17) is 9.72 Å². The van der Waals surface area contributed by atoms with Gasteiger partial charge >= 0.3 is 5.97 Å². The molecule has 3 heterocycles.